The Balaban J connectivity index is 2.02. The molecule has 102 valence electrons. The van der Waals surface area contributed by atoms with E-state index in [-0.39, 0.29) is 30.3 Å². The summed E-state index contributed by atoms with van der Waals surface area (Å²) in [6, 6.07) is 2.48. The summed E-state index contributed by atoms with van der Waals surface area (Å²) in [5.74, 6) is -1.64. The number of likely N-dealkylation sites (N-methyl/N-ethyl adjacent to an activating group) is 1. The molecule has 0 spiro atoms. The van der Waals surface area contributed by atoms with E-state index in [0.29, 0.717) is 6.54 Å². The summed E-state index contributed by atoms with van der Waals surface area (Å²) in [5, 5.41) is 2.79. The maximum absolute atomic E-state index is 13.4. The molecule has 2 amide bonds. The van der Waals surface area contributed by atoms with E-state index >= 15 is 0 Å². The van der Waals surface area contributed by atoms with Crippen LogP contribution in [0.15, 0.2) is 18.2 Å². The summed E-state index contributed by atoms with van der Waals surface area (Å²) in [6.07, 6.45) is 0.0591. The van der Waals surface area contributed by atoms with Gasteiger partial charge in [-0.25, -0.2) is 8.78 Å². The molecule has 1 fully saturated rings. The van der Waals surface area contributed by atoms with E-state index in [1.807, 2.05) is 0 Å². The molecule has 1 unspecified atom stereocenters. The van der Waals surface area contributed by atoms with Crippen LogP contribution >= 0.6 is 0 Å². The van der Waals surface area contributed by atoms with Gasteiger partial charge < -0.3 is 5.32 Å². The number of hydrogen-bond acceptors (Lipinski definition) is 3. The lowest BCUT2D eigenvalue weighted by Gasteiger charge is -2.13. The fourth-order valence-electron chi connectivity index (χ4n) is 2.09. The molecule has 1 aliphatic heterocycles. The number of carbonyl (C=O) groups is 2. The van der Waals surface area contributed by atoms with Crippen molar-refractivity contribution in [1.82, 2.24) is 10.2 Å². The molecular weight excluding hydrogens is 254 g/mol. The highest BCUT2D eigenvalue weighted by Gasteiger charge is 2.37. The van der Waals surface area contributed by atoms with Crippen molar-refractivity contribution in [3.8, 4) is 0 Å². The molecule has 6 heteroatoms. The van der Waals surface area contributed by atoms with E-state index in [9.17, 15) is 18.4 Å². The highest BCUT2D eigenvalue weighted by Crippen LogP contribution is 2.14. The van der Waals surface area contributed by atoms with Crippen molar-refractivity contribution in [3.05, 3.63) is 35.4 Å². The number of likely N-dealkylation sites (tertiary alicyclic amines) is 1. The zero-order valence-electron chi connectivity index (χ0n) is 10.5. The smallest absolute Gasteiger partial charge is 0.246 e. The molecule has 19 heavy (non-hydrogen) atoms. The number of amides is 2. The van der Waals surface area contributed by atoms with Crippen LogP contribution in [0.1, 0.15) is 18.9 Å². The van der Waals surface area contributed by atoms with E-state index in [1.54, 1.807) is 6.92 Å². The van der Waals surface area contributed by atoms with Gasteiger partial charge in [0.25, 0.3) is 0 Å². The summed E-state index contributed by atoms with van der Waals surface area (Å²) in [6.45, 7) is 2.04. The first kappa shape index (κ1) is 13.6. The van der Waals surface area contributed by atoms with Crippen LogP contribution in [-0.4, -0.2) is 29.3 Å². The molecule has 0 radical (unpaired) electrons. The monoisotopic (exact) mass is 268 g/mol. The predicted molar refractivity (Wildman–Crippen MR) is 64.0 cm³/mol. The van der Waals surface area contributed by atoms with Gasteiger partial charge in [0, 0.05) is 18.7 Å². The van der Waals surface area contributed by atoms with Crippen molar-refractivity contribution in [2.24, 2.45) is 0 Å². The van der Waals surface area contributed by atoms with Crippen LogP contribution in [0.5, 0.6) is 0 Å². The van der Waals surface area contributed by atoms with Crippen LogP contribution < -0.4 is 5.32 Å². The van der Waals surface area contributed by atoms with Gasteiger partial charge in [-0.2, -0.15) is 0 Å². The second kappa shape index (κ2) is 5.44. The van der Waals surface area contributed by atoms with Gasteiger partial charge in [-0.1, -0.05) is 0 Å². The summed E-state index contributed by atoms with van der Waals surface area (Å²) >= 11 is 0. The SMILES string of the molecule is CCN1C(=O)CC(NCc2cc(F)ccc2F)C1=O. The van der Waals surface area contributed by atoms with E-state index in [2.05, 4.69) is 5.32 Å². The fraction of sp³-hybridized carbons (Fsp3) is 0.385. The Morgan fingerprint density at radius 2 is 2.11 bits per heavy atom. The first-order chi connectivity index (χ1) is 9.02. The van der Waals surface area contributed by atoms with Crippen molar-refractivity contribution in [2.45, 2.75) is 25.9 Å². The lowest BCUT2D eigenvalue weighted by molar-refractivity contribution is -0.138. The average Bonchev–Trinajstić information content (AvgIpc) is 2.65. The van der Waals surface area contributed by atoms with Gasteiger partial charge >= 0.3 is 0 Å². The first-order valence-electron chi connectivity index (χ1n) is 6.04. The minimum Gasteiger partial charge on any atom is -0.301 e. The van der Waals surface area contributed by atoms with Crippen LogP contribution in [0.3, 0.4) is 0 Å². The molecule has 0 aromatic heterocycles. The Labute approximate surface area is 109 Å². The Kier molecular flexibility index (Phi) is 3.90. The van der Waals surface area contributed by atoms with Gasteiger partial charge in [0.2, 0.25) is 11.8 Å². The maximum Gasteiger partial charge on any atom is 0.246 e. The predicted octanol–water partition coefficient (Wildman–Crippen LogP) is 1.20. The molecule has 2 rings (SSSR count). The van der Waals surface area contributed by atoms with Crippen molar-refractivity contribution >= 4 is 11.8 Å². The largest absolute Gasteiger partial charge is 0.301 e. The van der Waals surface area contributed by atoms with Crippen LogP contribution in [0.4, 0.5) is 8.78 Å². The molecule has 1 saturated heterocycles. The number of hydrogen-bond donors (Lipinski definition) is 1. The van der Waals surface area contributed by atoms with Crippen molar-refractivity contribution < 1.29 is 18.4 Å². The second-order valence-electron chi connectivity index (χ2n) is 4.35. The van der Waals surface area contributed by atoms with E-state index in [4.69, 9.17) is 0 Å². The Hall–Kier alpha value is -1.82. The third-order valence-corrected chi connectivity index (χ3v) is 3.11. The summed E-state index contributed by atoms with van der Waals surface area (Å²) in [5.41, 5.74) is 0.134. The normalized spacial score (nSPS) is 19.3. The number of benzene rings is 1. The number of carbonyl (C=O) groups excluding carboxylic acids is 2. The molecule has 1 aromatic carbocycles. The highest BCUT2D eigenvalue weighted by molar-refractivity contribution is 6.05. The van der Waals surface area contributed by atoms with E-state index < -0.39 is 17.7 Å². The molecule has 4 nitrogen and oxygen atoms in total. The van der Waals surface area contributed by atoms with Gasteiger partial charge in [-0.05, 0) is 25.1 Å². The number of imide groups is 1. The summed E-state index contributed by atoms with van der Waals surface area (Å²) in [7, 11) is 0. The van der Waals surface area contributed by atoms with Crippen LogP contribution in [0.2, 0.25) is 0 Å². The standard InChI is InChI=1S/C13H14F2N2O2/c1-2-17-12(18)6-11(13(17)19)16-7-8-5-9(14)3-4-10(8)15/h3-5,11,16H,2,6-7H2,1H3. The van der Waals surface area contributed by atoms with Gasteiger partial charge in [0.1, 0.15) is 11.6 Å². The number of rotatable bonds is 4. The third kappa shape index (κ3) is 2.78. The second-order valence-corrected chi connectivity index (χ2v) is 4.35. The number of halogens is 2. The molecular formula is C13H14F2N2O2. The van der Waals surface area contributed by atoms with Gasteiger partial charge in [0.15, 0.2) is 0 Å². The van der Waals surface area contributed by atoms with Crippen molar-refractivity contribution in [1.29, 1.82) is 0 Å². The van der Waals surface area contributed by atoms with Gasteiger partial charge in [-0.3, -0.25) is 14.5 Å². The van der Waals surface area contributed by atoms with E-state index in [1.165, 1.54) is 0 Å². The first-order valence-corrected chi connectivity index (χ1v) is 6.04. The van der Waals surface area contributed by atoms with Gasteiger partial charge in [-0.15, -0.1) is 0 Å². The lowest BCUT2D eigenvalue weighted by Crippen LogP contribution is -2.38. The molecule has 0 aliphatic carbocycles. The third-order valence-electron chi connectivity index (χ3n) is 3.11. The molecule has 1 aromatic rings. The number of nitrogens with zero attached hydrogens (tertiary/aromatic N) is 1. The molecule has 0 saturated carbocycles. The van der Waals surface area contributed by atoms with Crippen molar-refractivity contribution in [3.63, 3.8) is 0 Å². The van der Waals surface area contributed by atoms with Crippen LogP contribution in [-0.2, 0) is 16.1 Å². The van der Waals surface area contributed by atoms with Crippen LogP contribution in [0.25, 0.3) is 0 Å². The average molecular weight is 268 g/mol. The quantitative estimate of drug-likeness (QED) is 0.835. The molecule has 1 N–H and O–H groups in total. The molecule has 1 aliphatic rings. The maximum atomic E-state index is 13.4. The van der Waals surface area contributed by atoms with Crippen molar-refractivity contribution in [2.75, 3.05) is 6.54 Å². The summed E-state index contributed by atoms with van der Waals surface area (Å²) in [4.78, 5) is 24.4. The van der Waals surface area contributed by atoms with Gasteiger partial charge in [0.05, 0.1) is 12.5 Å². The van der Waals surface area contributed by atoms with Crippen LogP contribution in [0, 0.1) is 11.6 Å². The summed E-state index contributed by atoms with van der Waals surface area (Å²) < 4.78 is 26.4. The topological polar surface area (TPSA) is 49.4 Å². The molecule has 1 atom stereocenters. The highest BCUT2D eigenvalue weighted by atomic mass is 19.1. The zero-order valence-corrected chi connectivity index (χ0v) is 10.5. The van der Waals surface area contributed by atoms with E-state index in [0.717, 1.165) is 23.1 Å². The minimum absolute atomic E-state index is 0.00480. The molecule has 0 bridgehead atoms. The number of nitrogens with one attached hydrogen (secondary N) is 1. The Morgan fingerprint density at radius 1 is 1.37 bits per heavy atom. The zero-order chi connectivity index (χ0) is 14.0. The minimum atomic E-state index is -0.657. The Morgan fingerprint density at radius 3 is 2.74 bits per heavy atom. The fourth-order valence-corrected chi connectivity index (χ4v) is 2.09. The Bertz CT molecular complexity index is 519. The lowest BCUT2D eigenvalue weighted by atomic mass is 10.2. The molecule has 1 heterocycles.